The number of alkyl halides is 3. The van der Waals surface area contributed by atoms with E-state index in [1.165, 1.54) is 32.6 Å². The standard InChI is InChI=1S/C10H11Cl3O2.C8H18O/c1-7(10(11,12)13)9(14,15)8-5-3-2-4-6-8;1-3-5-7-9-8-6-4-2/h2-7,14-15H,1H3;3-8H2,1-2H3. The third-order valence-corrected chi connectivity index (χ3v) is 4.56. The van der Waals surface area contributed by atoms with E-state index < -0.39 is 15.5 Å². The van der Waals surface area contributed by atoms with Gasteiger partial charge in [0, 0.05) is 18.8 Å². The van der Waals surface area contributed by atoms with Crippen LogP contribution in [0.2, 0.25) is 0 Å². The highest BCUT2D eigenvalue weighted by atomic mass is 35.6. The minimum absolute atomic E-state index is 0.295. The average Bonchev–Trinajstić information content (AvgIpc) is 2.54. The van der Waals surface area contributed by atoms with Crippen LogP contribution in [0.1, 0.15) is 52.0 Å². The Labute approximate surface area is 160 Å². The first-order chi connectivity index (χ1) is 11.2. The van der Waals surface area contributed by atoms with Crippen LogP contribution in [0, 0.1) is 5.92 Å². The summed E-state index contributed by atoms with van der Waals surface area (Å²) in [6, 6.07) is 8.25. The maximum atomic E-state index is 9.89. The molecule has 1 rings (SSSR count). The molecule has 0 amide bonds. The lowest BCUT2D eigenvalue weighted by molar-refractivity contribution is -0.204. The Morgan fingerprint density at radius 3 is 1.79 bits per heavy atom. The Bertz CT molecular complexity index is 413. The number of rotatable bonds is 8. The molecule has 0 saturated heterocycles. The highest BCUT2D eigenvalue weighted by Gasteiger charge is 2.45. The van der Waals surface area contributed by atoms with Crippen molar-refractivity contribution in [2.45, 2.75) is 56.0 Å². The molecule has 0 fully saturated rings. The monoisotopic (exact) mass is 398 g/mol. The first-order valence-corrected chi connectivity index (χ1v) is 9.46. The molecule has 0 saturated carbocycles. The summed E-state index contributed by atoms with van der Waals surface area (Å²) in [5, 5.41) is 19.8. The van der Waals surface area contributed by atoms with Crippen molar-refractivity contribution in [1.82, 2.24) is 0 Å². The number of benzene rings is 1. The summed E-state index contributed by atoms with van der Waals surface area (Å²) in [6.07, 6.45) is 4.91. The molecular weight excluding hydrogens is 371 g/mol. The van der Waals surface area contributed by atoms with E-state index in [-0.39, 0.29) is 0 Å². The van der Waals surface area contributed by atoms with Gasteiger partial charge in [0.05, 0.1) is 5.92 Å². The number of aliphatic hydroxyl groups is 2. The third kappa shape index (κ3) is 9.45. The summed E-state index contributed by atoms with van der Waals surface area (Å²) >= 11 is 16.9. The van der Waals surface area contributed by atoms with Gasteiger partial charge < -0.3 is 14.9 Å². The topological polar surface area (TPSA) is 49.7 Å². The maximum absolute atomic E-state index is 9.89. The molecule has 0 radical (unpaired) electrons. The van der Waals surface area contributed by atoms with Crippen molar-refractivity contribution in [3.8, 4) is 0 Å². The van der Waals surface area contributed by atoms with E-state index in [0.29, 0.717) is 5.56 Å². The Morgan fingerprint density at radius 2 is 1.42 bits per heavy atom. The molecule has 6 heteroatoms. The normalized spacial score (nSPS) is 13.2. The highest BCUT2D eigenvalue weighted by molar-refractivity contribution is 6.67. The second kappa shape index (κ2) is 12.3. The molecule has 3 nitrogen and oxygen atoms in total. The Hall–Kier alpha value is -0.0300. The smallest absolute Gasteiger partial charge is 0.198 e. The van der Waals surface area contributed by atoms with E-state index in [9.17, 15) is 10.2 Å². The molecule has 1 atom stereocenters. The largest absolute Gasteiger partial charge is 0.381 e. The first kappa shape index (κ1) is 24.0. The van der Waals surface area contributed by atoms with Crippen LogP contribution in [0.15, 0.2) is 30.3 Å². The molecule has 24 heavy (non-hydrogen) atoms. The summed E-state index contributed by atoms with van der Waals surface area (Å²) < 4.78 is 3.58. The zero-order valence-electron chi connectivity index (χ0n) is 14.6. The van der Waals surface area contributed by atoms with Gasteiger partial charge in [0.1, 0.15) is 0 Å². The van der Waals surface area contributed by atoms with Gasteiger partial charge in [0.15, 0.2) is 9.58 Å². The Morgan fingerprint density at radius 1 is 0.958 bits per heavy atom. The fourth-order valence-electron chi connectivity index (χ4n) is 1.76. The molecule has 0 heterocycles. The van der Waals surface area contributed by atoms with E-state index in [4.69, 9.17) is 39.5 Å². The average molecular weight is 400 g/mol. The minimum atomic E-state index is -2.16. The van der Waals surface area contributed by atoms with Gasteiger partial charge in [0.2, 0.25) is 0 Å². The van der Waals surface area contributed by atoms with Crippen LogP contribution in [0.5, 0.6) is 0 Å². The Balaban J connectivity index is 0.000000506. The van der Waals surface area contributed by atoms with Crippen LogP contribution in [-0.4, -0.2) is 27.2 Å². The van der Waals surface area contributed by atoms with Crippen LogP contribution in [0.25, 0.3) is 0 Å². The molecule has 0 bridgehead atoms. The van der Waals surface area contributed by atoms with Gasteiger partial charge in [-0.05, 0) is 12.8 Å². The number of ether oxygens (including phenoxy) is 1. The minimum Gasteiger partial charge on any atom is -0.381 e. The summed E-state index contributed by atoms with van der Waals surface area (Å²) in [5.41, 5.74) is 0.295. The predicted octanol–water partition coefficient (Wildman–Crippen LogP) is 5.43. The molecule has 1 unspecified atom stereocenters. The molecule has 0 aliphatic heterocycles. The van der Waals surface area contributed by atoms with Gasteiger partial charge in [-0.25, -0.2) is 0 Å². The van der Waals surface area contributed by atoms with Crippen LogP contribution >= 0.6 is 34.8 Å². The number of hydrogen-bond donors (Lipinski definition) is 2. The SMILES string of the molecule is CC(C(Cl)(Cl)Cl)C(O)(O)c1ccccc1.CCCCOCCCC. The van der Waals surface area contributed by atoms with Gasteiger partial charge in [-0.15, -0.1) is 0 Å². The van der Waals surface area contributed by atoms with Crippen LogP contribution < -0.4 is 0 Å². The van der Waals surface area contributed by atoms with E-state index in [1.807, 2.05) is 0 Å². The molecule has 2 N–H and O–H groups in total. The first-order valence-electron chi connectivity index (χ1n) is 8.32. The molecule has 0 aliphatic rings. The predicted molar refractivity (Wildman–Crippen MR) is 103 cm³/mol. The van der Waals surface area contributed by atoms with Crippen LogP contribution in [0.4, 0.5) is 0 Å². The zero-order chi connectivity index (χ0) is 18.6. The van der Waals surface area contributed by atoms with Crippen LogP contribution in [0.3, 0.4) is 0 Å². The summed E-state index contributed by atoms with van der Waals surface area (Å²) in [5.74, 6) is -3.11. The number of halogens is 3. The van der Waals surface area contributed by atoms with E-state index in [0.717, 1.165) is 13.2 Å². The summed E-state index contributed by atoms with van der Waals surface area (Å²) in [7, 11) is 0. The Kier molecular flexibility index (Phi) is 12.3. The van der Waals surface area contributed by atoms with Gasteiger partial charge in [-0.1, -0.05) is 98.7 Å². The van der Waals surface area contributed by atoms with Crippen molar-refractivity contribution in [3.05, 3.63) is 35.9 Å². The lowest BCUT2D eigenvalue weighted by Gasteiger charge is -2.33. The molecule has 0 spiro atoms. The van der Waals surface area contributed by atoms with Crippen molar-refractivity contribution < 1.29 is 14.9 Å². The van der Waals surface area contributed by atoms with Crippen molar-refractivity contribution in [1.29, 1.82) is 0 Å². The van der Waals surface area contributed by atoms with Gasteiger partial charge in [-0.3, -0.25) is 0 Å². The van der Waals surface area contributed by atoms with E-state index in [2.05, 4.69) is 13.8 Å². The number of unbranched alkanes of at least 4 members (excludes halogenated alkanes) is 2. The summed E-state index contributed by atoms with van der Waals surface area (Å²) in [4.78, 5) is 0. The van der Waals surface area contributed by atoms with E-state index in [1.54, 1.807) is 30.3 Å². The quantitative estimate of drug-likeness (QED) is 0.348. The van der Waals surface area contributed by atoms with Crippen molar-refractivity contribution in [2.75, 3.05) is 13.2 Å². The summed E-state index contributed by atoms with van der Waals surface area (Å²) in [6.45, 7) is 7.74. The second-order valence-electron chi connectivity index (χ2n) is 5.67. The van der Waals surface area contributed by atoms with Crippen molar-refractivity contribution in [3.63, 3.8) is 0 Å². The molecule has 1 aromatic rings. The lowest BCUT2D eigenvalue weighted by Crippen LogP contribution is -2.40. The molecular formula is C18H29Cl3O3. The van der Waals surface area contributed by atoms with E-state index >= 15 is 0 Å². The fourth-order valence-corrected chi connectivity index (χ4v) is 2.21. The molecule has 0 aromatic heterocycles. The van der Waals surface area contributed by atoms with Crippen molar-refractivity contribution >= 4 is 34.8 Å². The van der Waals surface area contributed by atoms with Gasteiger partial charge in [0.25, 0.3) is 0 Å². The fraction of sp³-hybridized carbons (Fsp3) is 0.667. The van der Waals surface area contributed by atoms with Gasteiger partial charge in [-0.2, -0.15) is 0 Å². The maximum Gasteiger partial charge on any atom is 0.198 e. The van der Waals surface area contributed by atoms with Crippen LogP contribution in [-0.2, 0) is 10.5 Å². The van der Waals surface area contributed by atoms with Gasteiger partial charge >= 0.3 is 0 Å². The third-order valence-electron chi connectivity index (χ3n) is 3.58. The zero-order valence-corrected chi connectivity index (χ0v) is 16.9. The molecule has 1 aromatic carbocycles. The highest BCUT2D eigenvalue weighted by Crippen LogP contribution is 2.43. The number of hydrogen-bond acceptors (Lipinski definition) is 3. The second-order valence-corrected chi connectivity index (χ2v) is 8.04. The lowest BCUT2D eigenvalue weighted by atomic mass is 9.94. The van der Waals surface area contributed by atoms with Crippen molar-refractivity contribution in [2.24, 2.45) is 5.92 Å². The molecule has 140 valence electrons. The molecule has 0 aliphatic carbocycles.